The second kappa shape index (κ2) is 8.22. The van der Waals surface area contributed by atoms with Crippen molar-refractivity contribution in [3.63, 3.8) is 0 Å². The lowest BCUT2D eigenvalue weighted by atomic mass is 10.1. The van der Waals surface area contributed by atoms with Crippen molar-refractivity contribution in [2.75, 3.05) is 43.1 Å². The summed E-state index contributed by atoms with van der Waals surface area (Å²) in [7, 11) is 1.56. The van der Waals surface area contributed by atoms with Crippen molar-refractivity contribution in [1.29, 1.82) is 0 Å². The third kappa shape index (κ3) is 3.92. The minimum absolute atomic E-state index is 0.175. The van der Waals surface area contributed by atoms with Crippen LogP contribution in [-0.4, -0.2) is 56.0 Å². The van der Waals surface area contributed by atoms with Gasteiger partial charge in [-0.05, 0) is 30.3 Å². The maximum Gasteiger partial charge on any atom is 0.251 e. The van der Waals surface area contributed by atoms with Crippen molar-refractivity contribution in [3.05, 3.63) is 52.5 Å². The molecule has 8 heteroatoms. The smallest absolute Gasteiger partial charge is 0.251 e. The van der Waals surface area contributed by atoms with E-state index in [1.807, 2.05) is 12.1 Å². The Hall–Kier alpha value is -2.28. The second-order valence-corrected chi connectivity index (χ2v) is 7.92. The summed E-state index contributed by atoms with van der Waals surface area (Å²) in [6.45, 7) is 2.87. The predicted molar refractivity (Wildman–Crippen MR) is 114 cm³/mol. The first-order chi connectivity index (χ1) is 14.0. The van der Waals surface area contributed by atoms with Crippen LogP contribution >= 0.6 is 23.2 Å². The molecule has 2 fully saturated rings. The fourth-order valence-electron chi connectivity index (χ4n) is 3.90. The number of hydrogen-bond donors (Lipinski definition) is 0. The van der Waals surface area contributed by atoms with Crippen LogP contribution in [0.1, 0.15) is 6.42 Å². The predicted octanol–water partition coefficient (Wildman–Crippen LogP) is 3.46. The van der Waals surface area contributed by atoms with Crippen molar-refractivity contribution in [2.24, 2.45) is 0 Å². The first-order valence-electron chi connectivity index (χ1n) is 9.43. The van der Waals surface area contributed by atoms with Crippen LogP contribution in [0.3, 0.4) is 0 Å². The summed E-state index contributed by atoms with van der Waals surface area (Å²) in [6.07, 6.45) is 0.197. The van der Waals surface area contributed by atoms with E-state index in [0.29, 0.717) is 34.6 Å². The highest BCUT2D eigenvalue weighted by Gasteiger charge is 2.43. The van der Waals surface area contributed by atoms with Crippen molar-refractivity contribution in [2.45, 2.75) is 12.5 Å². The Labute approximate surface area is 179 Å². The number of hydrogen-bond acceptors (Lipinski definition) is 5. The summed E-state index contributed by atoms with van der Waals surface area (Å²) in [5, 5.41) is 1.05. The third-order valence-corrected chi connectivity index (χ3v) is 6.20. The molecule has 2 amide bonds. The highest BCUT2D eigenvalue weighted by molar-refractivity contribution is 6.42. The lowest BCUT2D eigenvalue weighted by Crippen LogP contribution is -2.52. The molecule has 2 heterocycles. The Bertz CT molecular complexity index is 945. The number of anilines is 2. The number of piperazine rings is 1. The molecule has 0 spiro atoms. The average Bonchev–Trinajstić information content (AvgIpc) is 3.04. The number of ether oxygens (including phenoxy) is 1. The van der Waals surface area contributed by atoms with E-state index in [2.05, 4.69) is 9.80 Å². The van der Waals surface area contributed by atoms with Crippen LogP contribution in [0.25, 0.3) is 0 Å². The van der Waals surface area contributed by atoms with Crippen LogP contribution in [0, 0.1) is 0 Å². The molecule has 152 valence electrons. The Kier molecular flexibility index (Phi) is 5.67. The molecule has 0 aliphatic carbocycles. The van der Waals surface area contributed by atoms with Gasteiger partial charge in [-0.3, -0.25) is 14.5 Å². The van der Waals surface area contributed by atoms with Crippen molar-refractivity contribution in [1.82, 2.24) is 4.90 Å². The zero-order chi connectivity index (χ0) is 20.5. The van der Waals surface area contributed by atoms with Crippen molar-refractivity contribution in [3.8, 4) is 5.75 Å². The zero-order valence-corrected chi connectivity index (χ0v) is 17.5. The lowest BCUT2D eigenvalue weighted by Gasteiger charge is -2.38. The van der Waals surface area contributed by atoms with Gasteiger partial charge >= 0.3 is 0 Å². The maximum atomic E-state index is 13.0. The highest BCUT2D eigenvalue weighted by Crippen LogP contribution is 2.31. The van der Waals surface area contributed by atoms with E-state index in [1.54, 1.807) is 37.4 Å². The molecule has 2 aromatic rings. The SMILES string of the molecule is COc1cccc(N2C(=O)C[C@H](N3CCN(c4ccc(Cl)c(Cl)c4)CC3)C2=O)c1. The molecule has 0 radical (unpaired) electrons. The number of methoxy groups -OCH3 is 1. The van der Waals surface area contributed by atoms with E-state index >= 15 is 0 Å². The molecule has 2 aliphatic rings. The summed E-state index contributed by atoms with van der Waals surface area (Å²) < 4.78 is 5.21. The van der Waals surface area contributed by atoms with Crippen molar-refractivity contribution >= 4 is 46.4 Å². The molecule has 2 saturated heterocycles. The molecule has 6 nitrogen and oxygen atoms in total. The molecule has 2 aliphatic heterocycles. The van der Waals surface area contributed by atoms with Crippen LogP contribution < -0.4 is 14.5 Å². The average molecular weight is 434 g/mol. The van der Waals surface area contributed by atoms with Crippen LogP contribution in [0.5, 0.6) is 5.75 Å². The first-order valence-corrected chi connectivity index (χ1v) is 10.2. The highest BCUT2D eigenvalue weighted by atomic mass is 35.5. The number of carbonyl (C=O) groups excluding carboxylic acids is 2. The van der Waals surface area contributed by atoms with E-state index in [9.17, 15) is 9.59 Å². The van der Waals surface area contributed by atoms with Gasteiger partial charge in [0, 0.05) is 37.9 Å². The largest absolute Gasteiger partial charge is 0.497 e. The fourth-order valence-corrected chi connectivity index (χ4v) is 4.19. The van der Waals surface area contributed by atoms with Crippen LogP contribution in [0.4, 0.5) is 11.4 Å². The van der Waals surface area contributed by atoms with Gasteiger partial charge < -0.3 is 9.64 Å². The number of imide groups is 1. The summed E-state index contributed by atoms with van der Waals surface area (Å²) in [5.41, 5.74) is 1.56. The van der Waals surface area contributed by atoms with E-state index in [-0.39, 0.29) is 18.2 Å². The molecular formula is C21H21Cl2N3O3. The van der Waals surface area contributed by atoms with Gasteiger partial charge in [0.05, 0.1) is 35.3 Å². The summed E-state index contributed by atoms with van der Waals surface area (Å²) in [4.78, 5) is 31.2. The van der Waals surface area contributed by atoms with E-state index in [0.717, 1.165) is 18.8 Å². The Morgan fingerprint density at radius 2 is 1.69 bits per heavy atom. The Morgan fingerprint density at radius 1 is 0.931 bits per heavy atom. The van der Waals surface area contributed by atoms with Gasteiger partial charge in [0.2, 0.25) is 5.91 Å². The number of benzene rings is 2. The van der Waals surface area contributed by atoms with Crippen LogP contribution in [0.15, 0.2) is 42.5 Å². The number of amides is 2. The van der Waals surface area contributed by atoms with Crippen molar-refractivity contribution < 1.29 is 14.3 Å². The summed E-state index contributed by atoms with van der Waals surface area (Å²) in [5.74, 6) is 0.258. The van der Waals surface area contributed by atoms with Gasteiger partial charge in [-0.1, -0.05) is 29.3 Å². The minimum Gasteiger partial charge on any atom is -0.497 e. The Balaban J connectivity index is 1.44. The number of rotatable bonds is 4. The standard InChI is InChI=1S/C21H21Cl2N3O3/c1-29-16-4-2-3-15(11-16)26-20(27)13-19(21(26)28)25-9-7-24(8-10-25)14-5-6-17(22)18(23)12-14/h2-6,11-12,19H,7-10,13H2,1H3/t19-/m0/s1. The fraction of sp³-hybridized carbons (Fsp3) is 0.333. The number of nitrogens with zero attached hydrogens (tertiary/aromatic N) is 3. The molecule has 0 bridgehead atoms. The van der Waals surface area contributed by atoms with E-state index < -0.39 is 6.04 Å². The van der Waals surface area contributed by atoms with Crippen LogP contribution in [-0.2, 0) is 9.59 Å². The molecule has 4 rings (SSSR count). The summed E-state index contributed by atoms with van der Waals surface area (Å²) in [6, 6.07) is 12.2. The molecule has 0 saturated carbocycles. The maximum absolute atomic E-state index is 13.0. The molecule has 0 aromatic heterocycles. The topological polar surface area (TPSA) is 53.1 Å². The van der Waals surface area contributed by atoms with Crippen LogP contribution in [0.2, 0.25) is 10.0 Å². The zero-order valence-electron chi connectivity index (χ0n) is 16.0. The molecule has 1 atom stereocenters. The quantitative estimate of drug-likeness (QED) is 0.691. The van der Waals surface area contributed by atoms with E-state index in [1.165, 1.54) is 4.90 Å². The third-order valence-electron chi connectivity index (χ3n) is 5.46. The van der Waals surface area contributed by atoms with Gasteiger partial charge in [-0.25, -0.2) is 4.90 Å². The van der Waals surface area contributed by atoms with Gasteiger partial charge in [0.15, 0.2) is 0 Å². The molecular weight excluding hydrogens is 413 g/mol. The number of carbonyl (C=O) groups is 2. The van der Waals surface area contributed by atoms with E-state index in [4.69, 9.17) is 27.9 Å². The van der Waals surface area contributed by atoms with Gasteiger partial charge in [-0.2, -0.15) is 0 Å². The lowest BCUT2D eigenvalue weighted by molar-refractivity contribution is -0.123. The molecule has 29 heavy (non-hydrogen) atoms. The van der Waals surface area contributed by atoms with Gasteiger partial charge in [0.25, 0.3) is 5.91 Å². The normalized spacial score (nSPS) is 20.4. The number of halogens is 2. The molecule has 0 unspecified atom stereocenters. The Morgan fingerprint density at radius 3 is 2.38 bits per heavy atom. The molecule has 0 N–H and O–H groups in total. The first kappa shape index (κ1) is 20.0. The second-order valence-electron chi connectivity index (χ2n) is 7.11. The minimum atomic E-state index is -0.426. The van der Waals surface area contributed by atoms with Gasteiger partial charge in [-0.15, -0.1) is 0 Å². The monoisotopic (exact) mass is 433 g/mol. The summed E-state index contributed by atoms with van der Waals surface area (Å²) >= 11 is 12.1. The van der Waals surface area contributed by atoms with Gasteiger partial charge in [0.1, 0.15) is 5.75 Å². The molecule has 2 aromatic carbocycles.